The predicted octanol–water partition coefficient (Wildman–Crippen LogP) is 7.20. The lowest BCUT2D eigenvalue weighted by molar-refractivity contribution is -0.129. The smallest absolute Gasteiger partial charge is 0.252 e. The first-order chi connectivity index (χ1) is 21.0. The third-order valence-electron chi connectivity index (χ3n) is 7.28. The largest absolute Gasteiger partial charge is 0.494 e. The Kier molecular flexibility index (Phi) is 10.1. The van der Waals surface area contributed by atoms with Crippen molar-refractivity contribution in [2.45, 2.75) is 38.0 Å². The van der Waals surface area contributed by atoms with Crippen LogP contribution in [0.4, 0.5) is 0 Å². The number of carbonyl (C=O) groups is 1. The molecule has 6 nitrogen and oxygen atoms in total. The minimum atomic E-state index is -1.26. The second-order valence-corrected chi connectivity index (χ2v) is 11.4. The van der Waals surface area contributed by atoms with Crippen molar-refractivity contribution >= 4 is 33.8 Å². The van der Waals surface area contributed by atoms with E-state index in [0.717, 1.165) is 32.3 Å². The predicted molar refractivity (Wildman–Crippen MR) is 174 cm³/mol. The van der Waals surface area contributed by atoms with E-state index in [1.165, 1.54) is 0 Å². The number of aliphatic imine (C=N–C) groups is 1. The highest BCUT2D eigenvalue weighted by molar-refractivity contribution is 9.10. The number of aliphatic hydroxyl groups is 1. The Balaban J connectivity index is 1.52. The SMILES string of the molecule is Cc1cccc(CNC(=O)[C@]2(C/C=C/c3ccccc3)N=C(c3ccc(OCCCO)cc3)O[C@@H]2c2ccc(Br)cc2)c1. The molecule has 220 valence electrons. The Bertz CT molecular complexity index is 1570. The first-order valence-corrected chi connectivity index (χ1v) is 15.2. The summed E-state index contributed by atoms with van der Waals surface area (Å²) < 4.78 is 13.2. The lowest BCUT2D eigenvalue weighted by atomic mass is 9.84. The van der Waals surface area contributed by atoms with Crippen LogP contribution in [0.2, 0.25) is 0 Å². The number of ether oxygens (including phenoxy) is 2. The quantitative estimate of drug-likeness (QED) is 0.161. The fraction of sp³-hybridized carbons (Fsp3) is 0.222. The molecule has 43 heavy (non-hydrogen) atoms. The first kappa shape index (κ1) is 30.3. The Labute approximate surface area is 261 Å². The fourth-order valence-electron chi connectivity index (χ4n) is 5.05. The molecule has 7 heteroatoms. The van der Waals surface area contributed by atoms with E-state index in [2.05, 4.69) is 27.3 Å². The van der Waals surface area contributed by atoms with Gasteiger partial charge in [0.05, 0.1) is 6.61 Å². The van der Waals surface area contributed by atoms with E-state index in [4.69, 9.17) is 19.6 Å². The Hall–Kier alpha value is -4.20. The van der Waals surface area contributed by atoms with Gasteiger partial charge in [-0.25, -0.2) is 4.99 Å². The maximum Gasteiger partial charge on any atom is 0.252 e. The summed E-state index contributed by atoms with van der Waals surface area (Å²) in [6.45, 7) is 2.92. The molecule has 1 amide bonds. The third-order valence-corrected chi connectivity index (χ3v) is 7.81. The molecule has 5 rings (SSSR count). The molecule has 1 heterocycles. The third kappa shape index (κ3) is 7.61. The van der Waals surface area contributed by atoms with Gasteiger partial charge in [-0.3, -0.25) is 4.79 Å². The number of rotatable bonds is 12. The summed E-state index contributed by atoms with van der Waals surface area (Å²) in [5.41, 5.74) is 3.53. The van der Waals surface area contributed by atoms with Gasteiger partial charge in [-0.2, -0.15) is 0 Å². The monoisotopic (exact) mass is 638 g/mol. The number of hydrogen-bond acceptors (Lipinski definition) is 5. The van der Waals surface area contributed by atoms with Crippen molar-refractivity contribution in [3.05, 3.63) is 141 Å². The highest BCUT2D eigenvalue weighted by atomic mass is 79.9. The van der Waals surface area contributed by atoms with E-state index in [1.54, 1.807) is 0 Å². The van der Waals surface area contributed by atoms with Crippen molar-refractivity contribution in [3.63, 3.8) is 0 Å². The number of nitrogens with zero attached hydrogens (tertiary/aromatic N) is 1. The molecule has 0 unspecified atom stereocenters. The highest BCUT2D eigenvalue weighted by Crippen LogP contribution is 2.43. The average Bonchev–Trinajstić information content (AvgIpc) is 3.42. The van der Waals surface area contributed by atoms with Crippen LogP contribution in [0.3, 0.4) is 0 Å². The van der Waals surface area contributed by atoms with Crippen molar-refractivity contribution in [1.29, 1.82) is 0 Å². The Morgan fingerprint density at radius 1 is 1.02 bits per heavy atom. The van der Waals surface area contributed by atoms with Gasteiger partial charge >= 0.3 is 0 Å². The summed E-state index contributed by atoms with van der Waals surface area (Å²) in [5.74, 6) is 0.875. The Morgan fingerprint density at radius 2 is 1.79 bits per heavy atom. The van der Waals surface area contributed by atoms with Gasteiger partial charge in [-0.15, -0.1) is 0 Å². The zero-order valence-electron chi connectivity index (χ0n) is 24.1. The van der Waals surface area contributed by atoms with Gasteiger partial charge in [0.1, 0.15) is 5.75 Å². The molecule has 2 atom stereocenters. The molecule has 0 fully saturated rings. The molecule has 0 radical (unpaired) electrons. The molecule has 4 aromatic rings. The number of amides is 1. The molecule has 0 aliphatic carbocycles. The second kappa shape index (κ2) is 14.3. The number of hydrogen-bond donors (Lipinski definition) is 2. The zero-order valence-corrected chi connectivity index (χ0v) is 25.7. The zero-order chi connectivity index (χ0) is 30.1. The molecule has 0 saturated heterocycles. The van der Waals surface area contributed by atoms with Gasteiger partial charge in [-0.1, -0.05) is 100 Å². The van der Waals surface area contributed by atoms with Gasteiger partial charge in [0.15, 0.2) is 11.6 Å². The molecule has 2 N–H and O–H groups in total. The highest BCUT2D eigenvalue weighted by Gasteiger charge is 2.52. The van der Waals surface area contributed by atoms with E-state index in [1.807, 2.05) is 116 Å². The second-order valence-electron chi connectivity index (χ2n) is 10.5. The van der Waals surface area contributed by atoms with Crippen LogP contribution in [-0.2, 0) is 16.1 Å². The van der Waals surface area contributed by atoms with Gasteiger partial charge < -0.3 is 19.9 Å². The van der Waals surface area contributed by atoms with E-state index in [9.17, 15) is 4.79 Å². The summed E-state index contributed by atoms with van der Waals surface area (Å²) in [7, 11) is 0. The number of nitrogens with one attached hydrogen (secondary N) is 1. The molecular weight excluding hydrogens is 604 g/mol. The van der Waals surface area contributed by atoms with E-state index < -0.39 is 11.6 Å². The van der Waals surface area contributed by atoms with E-state index in [0.29, 0.717) is 37.6 Å². The molecule has 0 saturated carbocycles. The minimum absolute atomic E-state index is 0.0763. The Morgan fingerprint density at radius 3 is 2.51 bits per heavy atom. The molecule has 1 aliphatic rings. The number of aliphatic hydroxyl groups excluding tert-OH is 1. The van der Waals surface area contributed by atoms with Crippen LogP contribution in [0.15, 0.2) is 119 Å². The molecule has 1 aliphatic heterocycles. The van der Waals surface area contributed by atoms with Crippen LogP contribution >= 0.6 is 15.9 Å². The molecule has 4 aromatic carbocycles. The number of halogens is 1. The normalized spacial score (nSPS) is 17.8. The average molecular weight is 640 g/mol. The van der Waals surface area contributed by atoms with Crippen LogP contribution in [0.25, 0.3) is 6.08 Å². The molecule has 0 spiro atoms. The van der Waals surface area contributed by atoms with Crippen molar-refractivity contribution in [2.75, 3.05) is 13.2 Å². The lowest BCUT2D eigenvalue weighted by Gasteiger charge is -2.30. The first-order valence-electron chi connectivity index (χ1n) is 14.4. The minimum Gasteiger partial charge on any atom is -0.494 e. The van der Waals surface area contributed by atoms with Gasteiger partial charge in [-0.05, 0) is 60.0 Å². The van der Waals surface area contributed by atoms with Crippen molar-refractivity contribution < 1.29 is 19.4 Å². The van der Waals surface area contributed by atoms with Crippen LogP contribution < -0.4 is 10.1 Å². The molecule has 0 aromatic heterocycles. The van der Waals surface area contributed by atoms with Crippen LogP contribution in [0, 0.1) is 6.92 Å². The van der Waals surface area contributed by atoms with Crippen LogP contribution in [0.1, 0.15) is 46.8 Å². The maximum absolute atomic E-state index is 14.3. The number of carbonyl (C=O) groups excluding carboxylic acids is 1. The summed E-state index contributed by atoms with van der Waals surface area (Å²) in [6.07, 6.45) is 4.24. The summed E-state index contributed by atoms with van der Waals surface area (Å²) in [6, 6.07) is 33.4. The van der Waals surface area contributed by atoms with Crippen LogP contribution in [0.5, 0.6) is 5.75 Å². The van der Waals surface area contributed by atoms with Crippen molar-refractivity contribution in [1.82, 2.24) is 5.32 Å². The van der Waals surface area contributed by atoms with Gasteiger partial charge in [0.2, 0.25) is 5.90 Å². The van der Waals surface area contributed by atoms with Gasteiger partial charge in [0.25, 0.3) is 5.91 Å². The summed E-state index contributed by atoms with van der Waals surface area (Å²) in [4.78, 5) is 19.4. The van der Waals surface area contributed by atoms with Crippen molar-refractivity contribution in [3.8, 4) is 5.75 Å². The summed E-state index contributed by atoms with van der Waals surface area (Å²) >= 11 is 3.53. The summed E-state index contributed by atoms with van der Waals surface area (Å²) in [5, 5.41) is 12.2. The topological polar surface area (TPSA) is 80.2 Å². The number of aryl methyl sites for hydroxylation is 1. The van der Waals surface area contributed by atoms with E-state index >= 15 is 0 Å². The lowest BCUT2D eigenvalue weighted by Crippen LogP contribution is -2.47. The van der Waals surface area contributed by atoms with Crippen molar-refractivity contribution in [2.24, 2.45) is 4.99 Å². The van der Waals surface area contributed by atoms with Crippen LogP contribution in [-0.4, -0.2) is 35.7 Å². The standard InChI is InChI=1S/C36H35BrN2O4/c1-26-8-5-11-28(24-26)25-38-35(41)36(21-6-12-27-9-3-2-4-10-27)33(29-13-17-31(37)18-14-29)43-34(39-36)30-15-19-32(20-16-30)42-23-7-22-40/h2-6,8-20,24,33,40H,7,21-23,25H2,1H3,(H,38,41)/b12-6+/t33-,36-/m1/s1. The van der Waals surface area contributed by atoms with Gasteiger partial charge in [0, 0.05) is 36.0 Å². The maximum atomic E-state index is 14.3. The number of benzene rings is 4. The fourth-order valence-corrected chi connectivity index (χ4v) is 5.31. The van der Waals surface area contributed by atoms with E-state index in [-0.39, 0.29) is 12.5 Å². The molecular formula is C36H35BrN2O4. The molecule has 0 bridgehead atoms.